The molecular formula is C4H11O5P3. The minimum atomic E-state index is -3.19. The maximum atomic E-state index is 11.4. The van der Waals surface area contributed by atoms with Crippen LogP contribution in [0.3, 0.4) is 0 Å². The Hall–Kier alpha value is 0.670. The van der Waals surface area contributed by atoms with Gasteiger partial charge in [0.25, 0.3) is 0 Å². The highest BCUT2D eigenvalue weighted by molar-refractivity contribution is 7.66. The van der Waals surface area contributed by atoms with E-state index in [4.69, 9.17) is 8.62 Å². The van der Waals surface area contributed by atoms with E-state index in [0.29, 0.717) is 0 Å². The van der Waals surface area contributed by atoms with Crippen molar-refractivity contribution >= 4 is 25.7 Å². The van der Waals surface area contributed by atoms with Gasteiger partial charge in [-0.15, -0.1) is 0 Å². The third kappa shape index (κ3) is 5.34. The third-order valence-corrected chi connectivity index (χ3v) is 4.13. The molecule has 5 nitrogen and oxygen atoms in total. The monoisotopic (exact) mass is 232 g/mol. The maximum absolute atomic E-state index is 11.4. The van der Waals surface area contributed by atoms with E-state index >= 15 is 0 Å². The van der Waals surface area contributed by atoms with Crippen molar-refractivity contribution in [2.24, 2.45) is 0 Å². The summed E-state index contributed by atoms with van der Waals surface area (Å²) < 4.78 is 30.1. The molecule has 0 aliphatic heterocycles. The molecule has 12 heavy (non-hydrogen) atoms. The molecular weight excluding hydrogens is 221 g/mol. The molecule has 0 aromatic carbocycles. The molecule has 2 unspecified atom stereocenters. The maximum Gasteiger partial charge on any atom is 0.363 e. The van der Waals surface area contributed by atoms with Crippen molar-refractivity contribution in [2.75, 3.05) is 14.2 Å². The standard InChI is InChI=1S/C4H11O5P3/c1-4-12(5,8-10-6-2)9-11-7-3/h4,10-11H,1H2,2-3H3. The molecule has 0 aliphatic rings. The molecule has 2 atom stereocenters. The highest BCUT2D eigenvalue weighted by Gasteiger charge is 2.20. The molecule has 8 heteroatoms. The Kier molecular flexibility index (Phi) is 7.51. The van der Waals surface area contributed by atoms with Crippen molar-refractivity contribution in [1.82, 2.24) is 0 Å². The SMILES string of the molecule is C=CP(=O)(OPOC)OPOC. The molecule has 0 bridgehead atoms. The molecule has 0 N–H and O–H groups in total. The van der Waals surface area contributed by atoms with Crippen molar-refractivity contribution in [3.05, 3.63) is 12.4 Å². The molecule has 0 rings (SSSR count). The van der Waals surface area contributed by atoms with Crippen molar-refractivity contribution in [3.8, 4) is 0 Å². The van der Waals surface area contributed by atoms with Gasteiger partial charge in [0.15, 0.2) is 18.1 Å². The van der Waals surface area contributed by atoms with Crippen LogP contribution in [0.2, 0.25) is 0 Å². The van der Waals surface area contributed by atoms with E-state index in [-0.39, 0.29) is 18.1 Å². The van der Waals surface area contributed by atoms with E-state index in [1.165, 1.54) is 14.2 Å². The summed E-state index contributed by atoms with van der Waals surface area (Å²) >= 11 is 0. The zero-order chi connectivity index (χ0) is 9.45. The fourth-order valence-corrected chi connectivity index (χ4v) is 2.78. The second kappa shape index (κ2) is 7.11. The summed E-state index contributed by atoms with van der Waals surface area (Å²) in [6.07, 6.45) is 0. The van der Waals surface area contributed by atoms with Crippen LogP contribution in [0.25, 0.3) is 0 Å². The normalized spacial score (nSPS) is 17.5. The molecule has 0 saturated heterocycles. The van der Waals surface area contributed by atoms with Crippen LogP contribution in [0.4, 0.5) is 0 Å². The number of hydrogen-bond acceptors (Lipinski definition) is 5. The Morgan fingerprint density at radius 1 is 1.25 bits per heavy atom. The first-order valence-electron chi connectivity index (χ1n) is 2.85. The van der Waals surface area contributed by atoms with Crippen molar-refractivity contribution in [2.45, 2.75) is 0 Å². The summed E-state index contributed by atoms with van der Waals surface area (Å²) in [5.41, 5.74) is 0. The Labute approximate surface area is 75.2 Å². The van der Waals surface area contributed by atoms with Gasteiger partial charge in [0.2, 0.25) is 0 Å². The minimum Gasteiger partial charge on any atom is -0.339 e. The van der Waals surface area contributed by atoms with Gasteiger partial charge < -0.3 is 9.05 Å². The highest BCUT2D eigenvalue weighted by Crippen LogP contribution is 2.58. The molecule has 0 aromatic heterocycles. The molecule has 0 amide bonds. The molecule has 0 radical (unpaired) electrons. The average molecular weight is 232 g/mol. The molecule has 0 fully saturated rings. The lowest BCUT2D eigenvalue weighted by Crippen LogP contribution is -1.79. The first-order valence-corrected chi connectivity index (χ1v) is 6.09. The van der Waals surface area contributed by atoms with Crippen LogP contribution in [0.15, 0.2) is 12.4 Å². The van der Waals surface area contributed by atoms with Gasteiger partial charge in [-0.25, -0.2) is 0 Å². The van der Waals surface area contributed by atoms with Crippen LogP contribution in [0.1, 0.15) is 0 Å². The summed E-state index contributed by atoms with van der Waals surface area (Å²) in [5.74, 6) is 1.12. The van der Waals surface area contributed by atoms with Gasteiger partial charge in [0.1, 0.15) is 0 Å². The Morgan fingerprint density at radius 3 is 1.92 bits per heavy atom. The third-order valence-electron chi connectivity index (χ3n) is 0.719. The molecule has 0 aromatic rings. The average Bonchev–Trinajstić information content (AvgIpc) is 2.11. The van der Waals surface area contributed by atoms with E-state index in [1.807, 2.05) is 0 Å². The van der Waals surface area contributed by atoms with Gasteiger partial charge >= 0.3 is 7.60 Å². The summed E-state index contributed by atoms with van der Waals surface area (Å²) in [7, 11) is -0.977. The predicted octanol–water partition coefficient (Wildman–Crippen LogP) is 2.67. The van der Waals surface area contributed by atoms with E-state index in [1.54, 1.807) is 0 Å². The Bertz CT molecular complexity index is 160. The first kappa shape index (κ1) is 12.7. The highest BCUT2D eigenvalue weighted by atomic mass is 31.3. The lowest BCUT2D eigenvalue weighted by molar-refractivity contribution is 0.361. The lowest BCUT2D eigenvalue weighted by Gasteiger charge is -2.11. The van der Waals surface area contributed by atoms with Crippen LogP contribution in [-0.2, 0) is 22.2 Å². The predicted molar refractivity (Wildman–Crippen MR) is 50.6 cm³/mol. The molecule has 0 aliphatic carbocycles. The van der Waals surface area contributed by atoms with E-state index in [9.17, 15) is 4.57 Å². The largest absolute Gasteiger partial charge is 0.363 e. The molecule has 0 spiro atoms. The van der Waals surface area contributed by atoms with E-state index < -0.39 is 7.60 Å². The van der Waals surface area contributed by atoms with Crippen molar-refractivity contribution in [1.29, 1.82) is 0 Å². The fraction of sp³-hybridized carbons (Fsp3) is 0.500. The molecule has 0 saturated carbocycles. The molecule has 0 heterocycles. The van der Waals surface area contributed by atoms with Gasteiger partial charge in [-0.3, -0.25) is 13.2 Å². The van der Waals surface area contributed by atoms with Crippen LogP contribution in [0.5, 0.6) is 0 Å². The number of rotatable bonds is 7. The summed E-state index contributed by atoms with van der Waals surface area (Å²) in [6.45, 7) is 3.32. The lowest BCUT2D eigenvalue weighted by atomic mass is 11.3. The van der Waals surface area contributed by atoms with Crippen molar-refractivity contribution in [3.63, 3.8) is 0 Å². The second-order valence-corrected chi connectivity index (χ2v) is 5.54. The van der Waals surface area contributed by atoms with Gasteiger partial charge in [-0.05, 0) is 0 Å². The minimum absolute atomic E-state index is 0.326. The van der Waals surface area contributed by atoms with Gasteiger partial charge in [-0.2, -0.15) is 0 Å². The van der Waals surface area contributed by atoms with Crippen LogP contribution in [-0.4, -0.2) is 14.2 Å². The zero-order valence-electron chi connectivity index (χ0n) is 6.77. The van der Waals surface area contributed by atoms with E-state index in [2.05, 4.69) is 15.6 Å². The summed E-state index contributed by atoms with van der Waals surface area (Å²) in [6, 6.07) is 0. The van der Waals surface area contributed by atoms with Gasteiger partial charge in [0.05, 0.1) is 0 Å². The fourth-order valence-electron chi connectivity index (χ4n) is 0.272. The topological polar surface area (TPSA) is 54.0 Å². The van der Waals surface area contributed by atoms with Gasteiger partial charge in [0, 0.05) is 20.0 Å². The Balaban J connectivity index is 3.87. The van der Waals surface area contributed by atoms with Crippen LogP contribution >= 0.6 is 25.7 Å². The van der Waals surface area contributed by atoms with Gasteiger partial charge in [-0.1, -0.05) is 6.58 Å². The zero-order valence-corrected chi connectivity index (χ0v) is 9.67. The summed E-state index contributed by atoms with van der Waals surface area (Å²) in [4.78, 5) is 0. The van der Waals surface area contributed by atoms with Crippen LogP contribution < -0.4 is 0 Å². The first-order chi connectivity index (χ1) is 5.68. The number of hydrogen-bond donors (Lipinski definition) is 0. The van der Waals surface area contributed by atoms with Crippen molar-refractivity contribution < 1.29 is 22.2 Å². The second-order valence-electron chi connectivity index (χ2n) is 1.48. The van der Waals surface area contributed by atoms with E-state index in [0.717, 1.165) is 5.82 Å². The van der Waals surface area contributed by atoms with Crippen LogP contribution in [0, 0.1) is 0 Å². The Morgan fingerprint density at radius 2 is 1.67 bits per heavy atom. The smallest absolute Gasteiger partial charge is 0.339 e. The summed E-state index contributed by atoms with van der Waals surface area (Å²) in [5, 5.41) is 0. The molecule has 72 valence electrons. The quantitative estimate of drug-likeness (QED) is 0.631.